The van der Waals surface area contributed by atoms with Crippen molar-refractivity contribution in [3.05, 3.63) is 23.0 Å². The van der Waals surface area contributed by atoms with Crippen molar-refractivity contribution in [2.75, 3.05) is 18.4 Å². The minimum Gasteiger partial charge on any atom is -0.366 e. The molecule has 2 aromatic rings. The van der Waals surface area contributed by atoms with Crippen LogP contribution in [0.25, 0.3) is 5.65 Å². The first-order valence-corrected chi connectivity index (χ1v) is 7.02. The molecule has 1 atom stereocenters. The summed E-state index contributed by atoms with van der Waals surface area (Å²) < 4.78 is 1.96. The summed E-state index contributed by atoms with van der Waals surface area (Å²) in [6.07, 6.45) is 2.09. The van der Waals surface area contributed by atoms with E-state index in [0.29, 0.717) is 6.04 Å². The Morgan fingerprint density at radius 1 is 1.47 bits per heavy atom. The van der Waals surface area contributed by atoms with Gasteiger partial charge in [0.15, 0.2) is 5.65 Å². The molecule has 0 bridgehead atoms. The first kappa shape index (κ1) is 12.4. The smallest absolute Gasteiger partial charge is 0.157 e. The molecule has 0 radical (unpaired) electrons. The molecular formula is C14H21N5. The molecule has 1 aliphatic heterocycles. The molecule has 0 amide bonds. The van der Waals surface area contributed by atoms with E-state index in [1.54, 1.807) is 0 Å². The van der Waals surface area contributed by atoms with Crippen LogP contribution >= 0.6 is 0 Å². The Labute approximate surface area is 113 Å². The Bertz CT molecular complexity index is 595. The SMILES string of the molecule is CCc1cc2nc(C)c(C)c(NC3CCNC3)n2n1. The average molecular weight is 259 g/mol. The Morgan fingerprint density at radius 3 is 3.00 bits per heavy atom. The summed E-state index contributed by atoms with van der Waals surface area (Å²) in [6, 6.07) is 2.56. The van der Waals surface area contributed by atoms with Crippen LogP contribution in [-0.4, -0.2) is 33.7 Å². The van der Waals surface area contributed by atoms with Crippen molar-refractivity contribution < 1.29 is 0 Å². The second-order valence-corrected chi connectivity index (χ2v) is 5.26. The molecular weight excluding hydrogens is 238 g/mol. The third-order valence-corrected chi connectivity index (χ3v) is 3.90. The Morgan fingerprint density at radius 2 is 2.32 bits per heavy atom. The van der Waals surface area contributed by atoms with E-state index in [1.165, 1.54) is 5.56 Å². The maximum atomic E-state index is 4.65. The highest BCUT2D eigenvalue weighted by molar-refractivity contribution is 5.56. The molecule has 0 aliphatic carbocycles. The van der Waals surface area contributed by atoms with Crippen molar-refractivity contribution in [1.29, 1.82) is 0 Å². The van der Waals surface area contributed by atoms with E-state index < -0.39 is 0 Å². The average Bonchev–Trinajstić information content (AvgIpc) is 3.03. The van der Waals surface area contributed by atoms with Crippen molar-refractivity contribution in [1.82, 2.24) is 19.9 Å². The molecule has 1 fully saturated rings. The number of nitrogens with one attached hydrogen (secondary N) is 2. The highest BCUT2D eigenvalue weighted by Gasteiger charge is 2.18. The molecule has 5 heteroatoms. The highest BCUT2D eigenvalue weighted by atomic mass is 15.3. The number of hydrogen-bond acceptors (Lipinski definition) is 4. The second-order valence-electron chi connectivity index (χ2n) is 5.26. The number of aryl methyl sites for hydroxylation is 2. The fourth-order valence-electron chi connectivity index (χ4n) is 2.56. The molecule has 0 saturated carbocycles. The van der Waals surface area contributed by atoms with Gasteiger partial charge in [0.1, 0.15) is 5.82 Å². The lowest BCUT2D eigenvalue weighted by atomic mass is 10.2. The normalized spacial score (nSPS) is 19.2. The lowest BCUT2D eigenvalue weighted by molar-refractivity contribution is 0.767. The molecule has 1 saturated heterocycles. The van der Waals surface area contributed by atoms with Gasteiger partial charge in [0.05, 0.1) is 5.69 Å². The molecule has 1 unspecified atom stereocenters. The van der Waals surface area contributed by atoms with Crippen molar-refractivity contribution in [3.63, 3.8) is 0 Å². The fourth-order valence-corrected chi connectivity index (χ4v) is 2.56. The predicted molar refractivity (Wildman–Crippen MR) is 76.7 cm³/mol. The van der Waals surface area contributed by atoms with Crippen LogP contribution in [0.4, 0.5) is 5.82 Å². The predicted octanol–water partition coefficient (Wildman–Crippen LogP) is 1.68. The minimum atomic E-state index is 0.484. The van der Waals surface area contributed by atoms with Crippen molar-refractivity contribution in [2.24, 2.45) is 0 Å². The summed E-state index contributed by atoms with van der Waals surface area (Å²) in [5.74, 6) is 1.09. The summed E-state index contributed by atoms with van der Waals surface area (Å²) in [6.45, 7) is 8.40. The second kappa shape index (κ2) is 4.81. The summed E-state index contributed by atoms with van der Waals surface area (Å²) >= 11 is 0. The van der Waals surface area contributed by atoms with Crippen LogP contribution in [0.3, 0.4) is 0 Å². The van der Waals surface area contributed by atoms with E-state index in [2.05, 4.69) is 47.6 Å². The summed E-state index contributed by atoms with van der Waals surface area (Å²) in [7, 11) is 0. The van der Waals surface area contributed by atoms with Crippen molar-refractivity contribution >= 4 is 11.5 Å². The van der Waals surface area contributed by atoms with E-state index in [-0.39, 0.29) is 0 Å². The van der Waals surface area contributed by atoms with E-state index >= 15 is 0 Å². The molecule has 102 valence electrons. The molecule has 1 aliphatic rings. The lowest BCUT2D eigenvalue weighted by Gasteiger charge is -2.17. The molecule has 0 aromatic carbocycles. The van der Waals surface area contributed by atoms with Gasteiger partial charge < -0.3 is 10.6 Å². The molecule has 2 N–H and O–H groups in total. The summed E-state index contributed by atoms with van der Waals surface area (Å²) in [4.78, 5) is 4.62. The monoisotopic (exact) mass is 259 g/mol. The van der Waals surface area contributed by atoms with E-state index in [9.17, 15) is 0 Å². The van der Waals surface area contributed by atoms with Crippen LogP contribution in [0.1, 0.15) is 30.3 Å². The molecule has 3 heterocycles. The number of fused-ring (bicyclic) bond motifs is 1. The Kier molecular flexibility index (Phi) is 3.14. The number of rotatable bonds is 3. The van der Waals surface area contributed by atoms with Gasteiger partial charge in [0, 0.05) is 29.9 Å². The van der Waals surface area contributed by atoms with Gasteiger partial charge in [0.2, 0.25) is 0 Å². The molecule has 0 spiro atoms. The topological polar surface area (TPSA) is 54.2 Å². The van der Waals surface area contributed by atoms with Gasteiger partial charge in [-0.15, -0.1) is 0 Å². The van der Waals surface area contributed by atoms with Gasteiger partial charge >= 0.3 is 0 Å². The first-order valence-electron chi connectivity index (χ1n) is 7.02. The van der Waals surface area contributed by atoms with Crippen LogP contribution < -0.4 is 10.6 Å². The van der Waals surface area contributed by atoms with Gasteiger partial charge in [0.25, 0.3) is 0 Å². The fraction of sp³-hybridized carbons (Fsp3) is 0.571. The Hall–Kier alpha value is -1.62. The van der Waals surface area contributed by atoms with E-state index in [0.717, 1.165) is 48.8 Å². The maximum absolute atomic E-state index is 4.65. The van der Waals surface area contributed by atoms with Crippen LogP contribution in [0, 0.1) is 13.8 Å². The Balaban J connectivity index is 2.08. The van der Waals surface area contributed by atoms with E-state index in [4.69, 9.17) is 0 Å². The van der Waals surface area contributed by atoms with Gasteiger partial charge in [-0.25, -0.2) is 4.98 Å². The molecule has 3 rings (SSSR count). The van der Waals surface area contributed by atoms with Crippen molar-refractivity contribution in [2.45, 2.75) is 39.7 Å². The third kappa shape index (κ3) is 2.18. The largest absolute Gasteiger partial charge is 0.366 e. The zero-order valence-corrected chi connectivity index (χ0v) is 11.8. The number of anilines is 1. The first-order chi connectivity index (χ1) is 9.19. The zero-order valence-electron chi connectivity index (χ0n) is 11.8. The molecule has 2 aromatic heterocycles. The van der Waals surface area contributed by atoms with Crippen LogP contribution in [-0.2, 0) is 6.42 Å². The lowest BCUT2D eigenvalue weighted by Crippen LogP contribution is -2.24. The number of aromatic nitrogens is 3. The van der Waals surface area contributed by atoms with Crippen LogP contribution in [0.5, 0.6) is 0 Å². The van der Waals surface area contributed by atoms with Crippen molar-refractivity contribution in [3.8, 4) is 0 Å². The number of nitrogens with zero attached hydrogens (tertiary/aromatic N) is 3. The van der Waals surface area contributed by atoms with E-state index in [1.807, 2.05) is 4.52 Å². The van der Waals surface area contributed by atoms with Gasteiger partial charge in [-0.05, 0) is 33.2 Å². The summed E-state index contributed by atoms with van der Waals surface area (Å²) in [5, 5.41) is 11.7. The number of hydrogen-bond donors (Lipinski definition) is 2. The highest BCUT2D eigenvalue weighted by Crippen LogP contribution is 2.21. The van der Waals surface area contributed by atoms with Gasteiger partial charge in [-0.1, -0.05) is 6.92 Å². The minimum absolute atomic E-state index is 0.484. The van der Waals surface area contributed by atoms with Crippen LogP contribution in [0.2, 0.25) is 0 Å². The molecule has 19 heavy (non-hydrogen) atoms. The van der Waals surface area contributed by atoms with Gasteiger partial charge in [-0.2, -0.15) is 9.61 Å². The van der Waals surface area contributed by atoms with Crippen LogP contribution in [0.15, 0.2) is 6.07 Å². The summed E-state index contributed by atoms with van der Waals surface area (Å²) in [5.41, 5.74) is 4.28. The standard InChI is InChI=1S/C14H21N5/c1-4-11-7-13-16-10(3)9(2)14(19(13)18-11)17-12-5-6-15-8-12/h7,12,15,17H,4-6,8H2,1-3H3. The molecule has 5 nitrogen and oxygen atoms in total. The third-order valence-electron chi connectivity index (χ3n) is 3.90. The maximum Gasteiger partial charge on any atom is 0.157 e. The quantitative estimate of drug-likeness (QED) is 0.880. The zero-order chi connectivity index (χ0) is 13.4. The van der Waals surface area contributed by atoms with Gasteiger partial charge in [-0.3, -0.25) is 0 Å².